The first-order chi connectivity index (χ1) is 14.1. The zero-order chi connectivity index (χ0) is 20.0. The number of piperidine rings is 1. The van der Waals surface area contributed by atoms with Gasteiger partial charge in [-0.2, -0.15) is 0 Å². The number of hydrogen-bond donors (Lipinski definition) is 1. The third-order valence-corrected chi connectivity index (χ3v) is 5.53. The average Bonchev–Trinajstić information content (AvgIpc) is 3.09. The summed E-state index contributed by atoms with van der Waals surface area (Å²) >= 11 is 0. The van der Waals surface area contributed by atoms with E-state index in [-0.39, 0.29) is 11.7 Å². The van der Waals surface area contributed by atoms with Crippen LogP contribution in [-0.2, 0) is 4.79 Å². The minimum Gasteiger partial charge on any atom is -0.493 e. The van der Waals surface area contributed by atoms with Crippen molar-refractivity contribution < 1.29 is 18.7 Å². The lowest BCUT2D eigenvalue weighted by Crippen LogP contribution is -2.35. The number of carbonyl (C=O) groups is 1. The normalized spacial score (nSPS) is 19.2. The first kappa shape index (κ1) is 18.0. The smallest absolute Gasteiger partial charge is 0.226 e. The fourth-order valence-electron chi connectivity index (χ4n) is 4.17. The minimum absolute atomic E-state index is 0.111. The van der Waals surface area contributed by atoms with Crippen molar-refractivity contribution in [2.24, 2.45) is 0 Å². The molecular formula is C22H22FN3O3. The van der Waals surface area contributed by atoms with Crippen LogP contribution in [0.2, 0.25) is 0 Å². The number of fused-ring (bicyclic) bond motifs is 2. The van der Waals surface area contributed by atoms with E-state index < -0.39 is 6.10 Å². The number of amides is 1. The molecule has 1 N–H and O–H groups in total. The number of hydrogen-bond acceptors (Lipinski definition) is 4. The van der Waals surface area contributed by atoms with Gasteiger partial charge >= 0.3 is 0 Å². The largest absolute Gasteiger partial charge is 0.493 e. The summed E-state index contributed by atoms with van der Waals surface area (Å²) < 4.78 is 26.4. The van der Waals surface area contributed by atoms with Gasteiger partial charge in [-0.05, 0) is 38.0 Å². The molecule has 1 fully saturated rings. The molecule has 1 aromatic heterocycles. The van der Waals surface area contributed by atoms with Crippen LogP contribution < -0.4 is 14.4 Å². The van der Waals surface area contributed by atoms with Crippen LogP contribution >= 0.6 is 0 Å². The molecule has 0 aliphatic carbocycles. The fraction of sp³-hybridized carbons (Fsp3) is 0.364. The Morgan fingerprint density at radius 1 is 1.31 bits per heavy atom. The highest BCUT2D eigenvalue weighted by atomic mass is 19.1. The maximum absolute atomic E-state index is 14.5. The lowest BCUT2D eigenvalue weighted by atomic mass is 10.0. The molecule has 7 heteroatoms. The SMILES string of the molecule is Cc1nc2c(OC3CCOc4cccc(F)c43)cc(N3CCCCC3=O)cc2[nH]1. The van der Waals surface area contributed by atoms with Gasteiger partial charge in [-0.3, -0.25) is 4.79 Å². The van der Waals surface area contributed by atoms with Gasteiger partial charge in [-0.1, -0.05) is 6.07 Å². The van der Waals surface area contributed by atoms with Gasteiger partial charge in [0.05, 0.1) is 17.7 Å². The van der Waals surface area contributed by atoms with Gasteiger partial charge in [0.15, 0.2) is 0 Å². The molecule has 2 aromatic carbocycles. The van der Waals surface area contributed by atoms with Crippen molar-refractivity contribution in [3.05, 3.63) is 47.5 Å². The average molecular weight is 395 g/mol. The third kappa shape index (κ3) is 3.20. The number of anilines is 1. The number of ether oxygens (including phenoxy) is 2. The second-order valence-electron chi connectivity index (χ2n) is 7.56. The van der Waals surface area contributed by atoms with Gasteiger partial charge in [-0.15, -0.1) is 0 Å². The second-order valence-corrected chi connectivity index (χ2v) is 7.56. The van der Waals surface area contributed by atoms with Gasteiger partial charge in [-0.25, -0.2) is 9.37 Å². The molecule has 0 radical (unpaired) electrons. The van der Waals surface area contributed by atoms with Crippen molar-refractivity contribution >= 4 is 22.6 Å². The molecule has 6 nitrogen and oxygen atoms in total. The van der Waals surface area contributed by atoms with Gasteiger partial charge in [0, 0.05) is 31.1 Å². The second kappa shape index (κ2) is 7.06. The molecule has 1 atom stereocenters. The Kier molecular flexibility index (Phi) is 4.38. The number of halogens is 1. The number of carbonyl (C=O) groups excluding carboxylic acids is 1. The summed E-state index contributed by atoms with van der Waals surface area (Å²) in [5, 5.41) is 0. The first-order valence-corrected chi connectivity index (χ1v) is 9.99. The van der Waals surface area contributed by atoms with Crippen molar-refractivity contribution in [1.82, 2.24) is 9.97 Å². The monoisotopic (exact) mass is 395 g/mol. The molecule has 0 saturated carbocycles. The maximum Gasteiger partial charge on any atom is 0.226 e. The molecule has 3 heterocycles. The molecular weight excluding hydrogens is 373 g/mol. The Balaban J connectivity index is 1.57. The summed E-state index contributed by atoms with van der Waals surface area (Å²) in [5.41, 5.74) is 2.69. The summed E-state index contributed by atoms with van der Waals surface area (Å²) in [4.78, 5) is 22.0. The van der Waals surface area contributed by atoms with Crippen LogP contribution in [0.5, 0.6) is 11.5 Å². The number of benzene rings is 2. The molecule has 0 spiro atoms. The first-order valence-electron chi connectivity index (χ1n) is 9.99. The van der Waals surface area contributed by atoms with E-state index in [0.717, 1.165) is 29.9 Å². The van der Waals surface area contributed by atoms with Crippen LogP contribution in [0, 0.1) is 12.7 Å². The molecule has 1 amide bonds. The number of aromatic nitrogens is 2. The van der Waals surface area contributed by atoms with Crippen molar-refractivity contribution in [3.8, 4) is 11.5 Å². The summed E-state index contributed by atoms with van der Waals surface area (Å²) in [6, 6.07) is 8.59. The van der Waals surface area contributed by atoms with Crippen molar-refractivity contribution in [3.63, 3.8) is 0 Å². The quantitative estimate of drug-likeness (QED) is 0.712. The van der Waals surface area contributed by atoms with Gasteiger partial charge < -0.3 is 19.4 Å². The third-order valence-electron chi connectivity index (χ3n) is 5.53. The highest BCUT2D eigenvalue weighted by Gasteiger charge is 2.28. The summed E-state index contributed by atoms with van der Waals surface area (Å²) in [6.07, 6.45) is 2.50. The Bertz CT molecular complexity index is 1090. The molecule has 3 aromatic rings. The molecule has 5 rings (SSSR count). The highest BCUT2D eigenvalue weighted by Crippen LogP contribution is 2.40. The zero-order valence-corrected chi connectivity index (χ0v) is 16.2. The van der Waals surface area contributed by atoms with E-state index >= 15 is 0 Å². The van der Waals surface area contributed by atoms with Crippen molar-refractivity contribution in [1.29, 1.82) is 0 Å². The van der Waals surface area contributed by atoms with Gasteiger partial charge in [0.25, 0.3) is 0 Å². The standard InChI is InChI=1S/C22H22FN3O3/c1-13-24-16-11-14(26-9-3-2-7-20(26)27)12-19(22(16)25-13)29-18-8-10-28-17-6-4-5-15(23)21(17)18/h4-6,11-12,18H,2-3,7-10H2,1H3,(H,24,25). The lowest BCUT2D eigenvalue weighted by molar-refractivity contribution is -0.119. The molecule has 2 aliphatic heterocycles. The van der Waals surface area contributed by atoms with Crippen LogP contribution in [0.25, 0.3) is 11.0 Å². The lowest BCUT2D eigenvalue weighted by Gasteiger charge is -2.29. The number of imidazole rings is 1. The fourth-order valence-corrected chi connectivity index (χ4v) is 4.17. The van der Waals surface area contributed by atoms with E-state index in [4.69, 9.17) is 9.47 Å². The summed E-state index contributed by atoms with van der Waals surface area (Å²) in [5.74, 6) is 1.58. The van der Waals surface area contributed by atoms with Gasteiger partial charge in [0.1, 0.15) is 34.8 Å². The van der Waals surface area contributed by atoms with E-state index in [1.807, 2.05) is 19.1 Å². The van der Waals surface area contributed by atoms with E-state index in [1.165, 1.54) is 6.07 Å². The van der Waals surface area contributed by atoms with Crippen molar-refractivity contribution in [2.45, 2.75) is 38.7 Å². The Morgan fingerprint density at radius 2 is 2.21 bits per heavy atom. The molecule has 0 bridgehead atoms. The van der Waals surface area contributed by atoms with E-state index in [2.05, 4.69) is 9.97 Å². The summed E-state index contributed by atoms with van der Waals surface area (Å²) in [7, 11) is 0. The number of aryl methyl sites for hydroxylation is 1. The Morgan fingerprint density at radius 3 is 3.07 bits per heavy atom. The maximum atomic E-state index is 14.5. The number of rotatable bonds is 3. The Hall–Kier alpha value is -3.09. The number of nitrogens with one attached hydrogen (secondary N) is 1. The van der Waals surface area contributed by atoms with Crippen LogP contribution in [-0.4, -0.2) is 29.0 Å². The zero-order valence-electron chi connectivity index (χ0n) is 16.2. The molecule has 150 valence electrons. The van der Waals surface area contributed by atoms with Crippen LogP contribution in [0.15, 0.2) is 30.3 Å². The van der Waals surface area contributed by atoms with Crippen LogP contribution in [0.1, 0.15) is 43.2 Å². The molecule has 2 aliphatic rings. The number of H-pyrrole nitrogens is 1. The number of aromatic amines is 1. The molecule has 1 saturated heterocycles. The van der Waals surface area contributed by atoms with Crippen LogP contribution in [0.3, 0.4) is 0 Å². The van der Waals surface area contributed by atoms with E-state index in [1.54, 1.807) is 17.0 Å². The minimum atomic E-state index is -0.479. The Labute approximate surface area is 167 Å². The summed E-state index contributed by atoms with van der Waals surface area (Å²) in [6.45, 7) is 3.01. The van der Waals surface area contributed by atoms with Gasteiger partial charge in [0.2, 0.25) is 5.91 Å². The predicted octanol–water partition coefficient (Wildman–Crippen LogP) is 4.43. The van der Waals surface area contributed by atoms with Crippen molar-refractivity contribution in [2.75, 3.05) is 18.1 Å². The molecule has 1 unspecified atom stereocenters. The van der Waals surface area contributed by atoms with E-state index in [0.29, 0.717) is 48.6 Å². The highest BCUT2D eigenvalue weighted by molar-refractivity contribution is 5.97. The van der Waals surface area contributed by atoms with E-state index in [9.17, 15) is 9.18 Å². The van der Waals surface area contributed by atoms with Crippen LogP contribution in [0.4, 0.5) is 10.1 Å². The topological polar surface area (TPSA) is 67.5 Å². The predicted molar refractivity (Wildman–Crippen MR) is 107 cm³/mol. The molecule has 29 heavy (non-hydrogen) atoms. The number of nitrogens with zero attached hydrogens (tertiary/aromatic N) is 2.